The highest BCUT2D eigenvalue weighted by atomic mass is 32.2. The Kier molecular flexibility index (Phi) is 5.41. The average Bonchev–Trinajstić information content (AvgIpc) is 3.45. The zero-order valence-electron chi connectivity index (χ0n) is 16.4. The summed E-state index contributed by atoms with van der Waals surface area (Å²) in [7, 11) is 0. The zero-order valence-corrected chi connectivity index (χ0v) is 18.0. The van der Waals surface area contributed by atoms with E-state index in [1.807, 2.05) is 18.2 Å². The van der Waals surface area contributed by atoms with Crippen molar-refractivity contribution in [2.24, 2.45) is 0 Å². The number of aromatic nitrogens is 3. The minimum atomic E-state index is -0.214. The van der Waals surface area contributed by atoms with Gasteiger partial charge in [-0.1, -0.05) is 42.1 Å². The molecule has 9 heteroatoms. The molecule has 0 saturated carbocycles. The van der Waals surface area contributed by atoms with Gasteiger partial charge in [-0.2, -0.15) is 0 Å². The van der Waals surface area contributed by atoms with E-state index in [1.54, 1.807) is 32.6 Å². The Hall–Kier alpha value is -2.49. The van der Waals surface area contributed by atoms with Gasteiger partial charge in [0.05, 0.1) is 5.69 Å². The molecule has 0 radical (unpaired) electrons. The van der Waals surface area contributed by atoms with E-state index in [-0.39, 0.29) is 17.0 Å². The first kappa shape index (κ1) is 19.5. The summed E-state index contributed by atoms with van der Waals surface area (Å²) in [5.74, 6) is 0.626. The fraction of sp³-hybridized carbons (Fsp3) is 0.333. The monoisotopic (exact) mass is 439 g/mol. The summed E-state index contributed by atoms with van der Waals surface area (Å²) in [4.78, 5) is 38.6. The lowest BCUT2D eigenvalue weighted by Crippen LogP contribution is -2.49. The van der Waals surface area contributed by atoms with Crippen LogP contribution < -0.4 is 5.56 Å². The molecule has 0 unspecified atom stereocenters. The van der Waals surface area contributed by atoms with Crippen LogP contribution in [0, 0.1) is 0 Å². The van der Waals surface area contributed by atoms with Crippen molar-refractivity contribution in [1.29, 1.82) is 0 Å². The van der Waals surface area contributed by atoms with Crippen LogP contribution in [0.15, 0.2) is 51.9 Å². The first-order valence-electron chi connectivity index (χ1n) is 9.93. The maximum atomic E-state index is 12.9. The van der Waals surface area contributed by atoms with Crippen molar-refractivity contribution in [3.8, 4) is 10.6 Å². The van der Waals surface area contributed by atoms with Gasteiger partial charge in [0.25, 0.3) is 11.5 Å². The molecule has 1 fully saturated rings. The molecule has 0 atom stereocenters. The molecule has 1 aromatic carbocycles. The Morgan fingerprint density at radius 2 is 1.87 bits per heavy atom. The van der Waals surface area contributed by atoms with Gasteiger partial charge in [0.2, 0.25) is 0 Å². The smallest absolute Gasteiger partial charge is 0.267 e. The third kappa shape index (κ3) is 3.80. The highest BCUT2D eigenvalue weighted by Crippen LogP contribution is 2.24. The molecule has 1 saturated heterocycles. The predicted molar refractivity (Wildman–Crippen MR) is 118 cm³/mol. The van der Waals surface area contributed by atoms with Crippen LogP contribution in [0.3, 0.4) is 0 Å². The van der Waals surface area contributed by atoms with E-state index in [4.69, 9.17) is 4.98 Å². The number of hydrogen-bond donors (Lipinski definition) is 0. The van der Waals surface area contributed by atoms with Crippen LogP contribution in [-0.4, -0.2) is 62.2 Å². The van der Waals surface area contributed by atoms with E-state index in [9.17, 15) is 9.59 Å². The average molecular weight is 440 g/mol. The van der Waals surface area contributed by atoms with Crippen molar-refractivity contribution >= 4 is 29.0 Å². The summed E-state index contributed by atoms with van der Waals surface area (Å²) in [5.41, 5.74) is 2.16. The third-order valence-corrected chi connectivity index (χ3v) is 7.32. The van der Waals surface area contributed by atoms with E-state index in [0.717, 1.165) is 41.7 Å². The summed E-state index contributed by atoms with van der Waals surface area (Å²) < 4.78 is 1.61. The molecule has 0 spiro atoms. The third-order valence-electron chi connectivity index (χ3n) is 5.40. The molecule has 0 N–H and O–H groups in total. The van der Waals surface area contributed by atoms with Gasteiger partial charge in [-0.05, 0) is 0 Å². The standard InChI is InChI=1S/C21H21N5O2S2/c27-19(17-12-22-21-26(20(17)28)10-11-29-21)25-8-6-24(7-9-25)13-16-14-30-18(23-16)15-4-2-1-3-5-15/h1-5,12,14H,6-11,13H2. The molecule has 0 aliphatic carbocycles. The van der Waals surface area contributed by atoms with Gasteiger partial charge >= 0.3 is 0 Å². The van der Waals surface area contributed by atoms with Crippen LogP contribution in [0.4, 0.5) is 0 Å². The Morgan fingerprint density at radius 3 is 2.67 bits per heavy atom. The zero-order chi connectivity index (χ0) is 20.5. The van der Waals surface area contributed by atoms with E-state index < -0.39 is 0 Å². The van der Waals surface area contributed by atoms with Gasteiger partial charge in [-0.3, -0.25) is 19.1 Å². The molecule has 5 rings (SSSR count). The number of fused-ring (bicyclic) bond motifs is 1. The first-order valence-corrected chi connectivity index (χ1v) is 11.8. The minimum absolute atomic E-state index is 0.182. The maximum absolute atomic E-state index is 12.9. The Morgan fingerprint density at radius 1 is 1.07 bits per heavy atom. The molecule has 1 amide bonds. The summed E-state index contributed by atoms with van der Waals surface area (Å²) >= 11 is 3.21. The minimum Gasteiger partial charge on any atom is -0.336 e. The van der Waals surface area contributed by atoms with Crippen molar-refractivity contribution in [3.05, 3.63) is 63.5 Å². The fourth-order valence-corrected chi connectivity index (χ4v) is 5.50. The van der Waals surface area contributed by atoms with Crippen molar-refractivity contribution in [3.63, 3.8) is 0 Å². The summed E-state index contributed by atoms with van der Waals surface area (Å²) in [6.45, 7) is 4.12. The summed E-state index contributed by atoms with van der Waals surface area (Å²) in [5, 5.41) is 3.84. The van der Waals surface area contributed by atoms with Crippen LogP contribution in [0.25, 0.3) is 10.6 Å². The molecular weight excluding hydrogens is 418 g/mol. The van der Waals surface area contributed by atoms with Gasteiger partial charge in [-0.25, -0.2) is 9.97 Å². The van der Waals surface area contributed by atoms with E-state index >= 15 is 0 Å². The number of thioether (sulfide) groups is 1. The van der Waals surface area contributed by atoms with Crippen LogP contribution in [0.5, 0.6) is 0 Å². The molecule has 2 aliphatic heterocycles. The Labute approximate surface area is 182 Å². The number of hydrogen-bond acceptors (Lipinski definition) is 7. The van der Waals surface area contributed by atoms with Crippen molar-refractivity contribution in [2.45, 2.75) is 18.2 Å². The van der Waals surface area contributed by atoms with Crippen LogP contribution in [-0.2, 0) is 13.1 Å². The molecule has 4 heterocycles. The molecule has 2 aliphatic rings. The molecular formula is C21H21N5O2S2. The second-order valence-electron chi connectivity index (χ2n) is 7.34. The van der Waals surface area contributed by atoms with Gasteiger partial charge in [-0.15, -0.1) is 11.3 Å². The number of rotatable bonds is 4. The number of nitrogens with zero attached hydrogens (tertiary/aromatic N) is 5. The van der Waals surface area contributed by atoms with Crippen LogP contribution in [0.1, 0.15) is 16.1 Å². The number of amides is 1. The Balaban J connectivity index is 1.20. The lowest BCUT2D eigenvalue weighted by Gasteiger charge is -2.34. The summed E-state index contributed by atoms with van der Waals surface area (Å²) in [6.07, 6.45) is 1.45. The normalized spacial score (nSPS) is 16.6. The lowest BCUT2D eigenvalue weighted by atomic mass is 10.2. The molecule has 0 bridgehead atoms. The second kappa shape index (κ2) is 8.33. The van der Waals surface area contributed by atoms with Gasteiger partial charge in [0, 0.05) is 62.2 Å². The number of thiazole rings is 1. The number of carbonyl (C=O) groups is 1. The highest BCUT2D eigenvalue weighted by Gasteiger charge is 2.27. The van der Waals surface area contributed by atoms with Gasteiger partial charge in [0.15, 0.2) is 5.16 Å². The van der Waals surface area contributed by atoms with Crippen molar-refractivity contribution < 1.29 is 4.79 Å². The fourth-order valence-electron chi connectivity index (χ4n) is 3.77. The number of benzene rings is 1. The van der Waals surface area contributed by atoms with Crippen molar-refractivity contribution in [2.75, 3.05) is 31.9 Å². The van der Waals surface area contributed by atoms with Gasteiger partial charge in [0.1, 0.15) is 10.6 Å². The van der Waals surface area contributed by atoms with Crippen LogP contribution in [0.2, 0.25) is 0 Å². The SMILES string of the molecule is O=C(c1cnc2n(c1=O)CCS2)N1CCN(Cc2csc(-c3ccccc3)n2)CC1. The molecule has 3 aromatic rings. The predicted octanol–water partition coefficient (Wildman–Crippen LogP) is 2.43. The van der Waals surface area contributed by atoms with Crippen molar-refractivity contribution in [1.82, 2.24) is 24.3 Å². The largest absolute Gasteiger partial charge is 0.336 e. The van der Waals surface area contributed by atoms with E-state index in [2.05, 4.69) is 27.4 Å². The first-order chi connectivity index (χ1) is 14.7. The molecule has 7 nitrogen and oxygen atoms in total. The second-order valence-corrected chi connectivity index (χ2v) is 9.26. The topological polar surface area (TPSA) is 71.3 Å². The van der Waals surface area contributed by atoms with E-state index in [1.165, 1.54) is 6.20 Å². The van der Waals surface area contributed by atoms with E-state index in [0.29, 0.717) is 24.8 Å². The highest BCUT2D eigenvalue weighted by molar-refractivity contribution is 7.99. The van der Waals surface area contributed by atoms with Crippen LogP contribution >= 0.6 is 23.1 Å². The molecule has 30 heavy (non-hydrogen) atoms. The lowest BCUT2D eigenvalue weighted by molar-refractivity contribution is 0.0624. The Bertz CT molecular complexity index is 1120. The number of piperazine rings is 1. The quantitative estimate of drug-likeness (QED) is 0.582. The molecule has 154 valence electrons. The number of carbonyl (C=O) groups excluding carboxylic acids is 1. The molecule has 2 aromatic heterocycles. The summed E-state index contributed by atoms with van der Waals surface area (Å²) in [6, 6.07) is 10.2. The maximum Gasteiger partial charge on any atom is 0.267 e. The van der Waals surface area contributed by atoms with Gasteiger partial charge < -0.3 is 4.90 Å².